The number of fused-ring (bicyclic) bond motifs is 1. The summed E-state index contributed by atoms with van der Waals surface area (Å²) in [6.45, 7) is 2.03. The van der Waals surface area contributed by atoms with Crippen LogP contribution >= 0.6 is 0 Å². The van der Waals surface area contributed by atoms with Crippen LogP contribution in [0.2, 0.25) is 0 Å². The van der Waals surface area contributed by atoms with Gasteiger partial charge in [0, 0.05) is 48.2 Å². The number of carbonyl (C=O) groups excluding carboxylic acids is 2. The van der Waals surface area contributed by atoms with Gasteiger partial charge >= 0.3 is 0 Å². The highest BCUT2D eigenvalue weighted by Gasteiger charge is 2.28. The van der Waals surface area contributed by atoms with Crippen LogP contribution in [0.25, 0.3) is 10.9 Å². The Morgan fingerprint density at radius 3 is 2.89 bits per heavy atom. The lowest BCUT2D eigenvalue weighted by Gasteiger charge is -2.08. The number of carbonyl (C=O) groups is 2. The van der Waals surface area contributed by atoms with E-state index >= 15 is 0 Å². The van der Waals surface area contributed by atoms with Crippen LogP contribution in [0.15, 0.2) is 41.8 Å². The molecule has 1 saturated carbocycles. The van der Waals surface area contributed by atoms with E-state index < -0.39 is 0 Å². The second-order valence-corrected chi connectivity index (χ2v) is 6.74. The number of hydrogen-bond donors (Lipinski definition) is 2. The molecule has 1 aliphatic carbocycles. The third-order valence-corrected chi connectivity index (χ3v) is 4.68. The number of aliphatic imine (C=N–C) groups is 1. The van der Waals surface area contributed by atoms with Crippen molar-refractivity contribution >= 4 is 28.4 Å². The Morgan fingerprint density at radius 2 is 2.15 bits per heavy atom. The van der Waals surface area contributed by atoms with Crippen LogP contribution < -0.4 is 5.32 Å². The molecule has 0 bridgehead atoms. The second-order valence-electron chi connectivity index (χ2n) is 6.74. The number of aromatic nitrogens is 3. The monoisotopic (exact) mass is 361 g/mol. The minimum atomic E-state index is -0.337. The van der Waals surface area contributed by atoms with Gasteiger partial charge in [-0.25, -0.2) is 9.98 Å². The Balaban J connectivity index is 1.73. The lowest BCUT2D eigenvalue weighted by Crippen LogP contribution is -2.20. The summed E-state index contributed by atoms with van der Waals surface area (Å²) in [7, 11) is 1.54. The normalized spacial score (nSPS) is 17.3. The summed E-state index contributed by atoms with van der Waals surface area (Å²) in [5, 5.41) is 3.60. The standard InChI is InChI=1S/C20H19N5O2/c1-11-5-16(11)25-19(26)12-6-14(24-17(8-12)20(27)21-2)7-13-9-22-10-18-15(13)3-4-23-18/h3-4,6,8-11,23H,5,7H2,1-2H3,(H,21,27)/t11-/m0/s1. The van der Waals surface area contributed by atoms with Crippen molar-refractivity contribution in [1.82, 2.24) is 20.3 Å². The predicted molar refractivity (Wildman–Crippen MR) is 102 cm³/mol. The molecule has 1 fully saturated rings. The highest BCUT2D eigenvalue weighted by atomic mass is 16.2. The van der Waals surface area contributed by atoms with E-state index in [1.54, 1.807) is 18.5 Å². The van der Waals surface area contributed by atoms with Crippen molar-refractivity contribution in [1.29, 1.82) is 0 Å². The maximum atomic E-state index is 12.5. The molecule has 1 aliphatic rings. The van der Waals surface area contributed by atoms with Crippen molar-refractivity contribution in [2.75, 3.05) is 7.05 Å². The molecule has 136 valence electrons. The van der Waals surface area contributed by atoms with Gasteiger partial charge in [0.2, 0.25) is 0 Å². The summed E-state index contributed by atoms with van der Waals surface area (Å²) >= 11 is 0. The Bertz CT molecular complexity index is 1080. The zero-order valence-corrected chi connectivity index (χ0v) is 15.1. The van der Waals surface area contributed by atoms with Gasteiger partial charge in [-0.15, -0.1) is 0 Å². The van der Waals surface area contributed by atoms with Gasteiger partial charge in [0.25, 0.3) is 11.8 Å². The average Bonchev–Trinajstić information content (AvgIpc) is 3.16. The first-order valence-electron chi connectivity index (χ1n) is 8.80. The topological polar surface area (TPSA) is 100 Å². The molecule has 2 amide bonds. The lowest BCUT2D eigenvalue weighted by atomic mass is 10.1. The fourth-order valence-corrected chi connectivity index (χ4v) is 3.03. The van der Waals surface area contributed by atoms with E-state index in [0.29, 0.717) is 23.6 Å². The zero-order valence-electron chi connectivity index (χ0n) is 15.1. The van der Waals surface area contributed by atoms with Crippen molar-refractivity contribution in [3.8, 4) is 0 Å². The second kappa shape index (κ2) is 6.75. The molecule has 7 heteroatoms. The molecule has 0 aliphatic heterocycles. The smallest absolute Gasteiger partial charge is 0.277 e. The van der Waals surface area contributed by atoms with Gasteiger partial charge in [0.1, 0.15) is 5.69 Å². The van der Waals surface area contributed by atoms with E-state index in [0.717, 1.165) is 28.6 Å². The highest BCUT2D eigenvalue weighted by molar-refractivity contribution is 6.11. The van der Waals surface area contributed by atoms with Gasteiger partial charge in [0.15, 0.2) is 0 Å². The molecule has 0 aromatic carbocycles. The van der Waals surface area contributed by atoms with E-state index in [-0.39, 0.29) is 17.5 Å². The van der Waals surface area contributed by atoms with Crippen molar-refractivity contribution < 1.29 is 9.59 Å². The molecule has 4 rings (SSSR count). The van der Waals surface area contributed by atoms with Gasteiger partial charge in [-0.2, -0.15) is 0 Å². The summed E-state index contributed by atoms with van der Waals surface area (Å²) in [4.78, 5) is 40.6. The van der Waals surface area contributed by atoms with Crippen molar-refractivity contribution in [3.63, 3.8) is 0 Å². The summed E-state index contributed by atoms with van der Waals surface area (Å²) in [5.41, 5.74) is 4.01. The molecule has 1 atom stereocenters. The van der Waals surface area contributed by atoms with Crippen LogP contribution in [-0.2, 0) is 6.42 Å². The lowest BCUT2D eigenvalue weighted by molar-refractivity contribution is 0.0958. The fourth-order valence-electron chi connectivity index (χ4n) is 3.03. The van der Waals surface area contributed by atoms with Crippen molar-refractivity contribution in [3.05, 3.63) is 59.3 Å². The number of nitrogens with zero attached hydrogens (tertiary/aromatic N) is 3. The Kier molecular flexibility index (Phi) is 4.27. The van der Waals surface area contributed by atoms with Gasteiger partial charge < -0.3 is 10.3 Å². The maximum Gasteiger partial charge on any atom is 0.277 e. The van der Waals surface area contributed by atoms with Crippen LogP contribution in [0.5, 0.6) is 0 Å². The zero-order chi connectivity index (χ0) is 19.0. The summed E-state index contributed by atoms with van der Waals surface area (Å²) in [6, 6.07) is 5.18. The van der Waals surface area contributed by atoms with E-state index in [4.69, 9.17) is 0 Å². The number of H-pyrrole nitrogens is 1. The third kappa shape index (κ3) is 3.48. The molecule has 7 nitrogen and oxygen atoms in total. The summed E-state index contributed by atoms with van der Waals surface area (Å²) in [5.74, 6) is -0.302. The Morgan fingerprint density at radius 1 is 1.33 bits per heavy atom. The molecular formula is C20H19N5O2. The minimum absolute atomic E-state index is 0.205. The first-order valence-corrected chi connectivity index (χ1v) is 8.80. The summed E-state index contributed by atoms with van der Waals surface area (Å²) in [6.07, 6.45) is 6.70. The van der Waals surface area contributed by atoms with Crippen LogP contribution in [0.1, 0.15) is 45.4 Å². The molecule has 3 aromatic heterocycles. The molecule has 3 heterocycles. The number of amides is 2. The van der Waals surface area contributed by atoms with Crippen LogP contribution in [-0.4, -0.2) is 39.5 Å². The maximum absolute atomic E-state index is 12.5. The molecule has 27 heavy (non-hydrogen) atoms. The number of rotatable bonds is 4. The number of hydrogen-bond acceptors (Lipinski definition) is 4. The number of pyridine rings is 2. The van der Waals surface area contributed by atoms with Crippen LogP contribution in [0.3, 0.4) is 0 Å². The molecule has 3 aromatic rings. The molecule has 0 spiro atoms. The van der Waals surface area contributed by atoms with Gasteiger partial charge in [-0.3, -0.25) is 14.6 Å². The van der Waals surface area contributed by atoms with Crippen LogP contribution in [0, 0.1) is 5.92 Å². The van der Waals surface area contributed by atoms with Crippen LogP contribution in [0.4, 0.5) is 0 Å². The van der Waals surface area contributed by atoms with E-state index in [9.17, 15) is 9.59 Å². The van der Waals surface area contributed by atoms with E-state index in [2.05, 4.69) is 25.3 Å². The first kappa shape index (κ1) is 17.1. The largest absolute Gasteiger partial charge is 0.360 e. The van der Waals surface area contributed by atoms with Crippen molar-refractivity contribution in [2.45, 2.75) is 19.8 Å². The van der Waals surface area contributed by atoms with Gasteiger partial charge in [-0.05, 0) is 36.1 Å². The quantitative estimate of drug-likeness (QED) is 0.746. The number of aromatic amines is 1. The number of nitrogens with one attached hydrogen (secondary N) is 2. The Labute approximate surface area is 156 Å². The minimum Gasteiger partial charge on any atom is -0.360 e. The molecule has 2 N–H and O–H groups in total. The Hall–Kier alpha value is -3.35. The third-order valence-electron chi connectivity index (χ3n) is 4.68. The molecule has 0 radical (unpaired) electrons. The van der Waals surface area contributed by atoms with E-state index in [1.165, 1.54) is 13.1 Å². The SMILES string of the molecule is CNC(=O)c1cc(C(=O)N=C2C[C@@H]2C)cc(Cc2cncc3[nH]ccc23)n1. The van der Waals surface area contributed by atoms with Gasteiger partial charge in [-0.1, -0.05) is 6.92 Å². The molecular weight excluding hydrogens is 342 g/mol. The highest BCUT2D eigenvalue weighted by Crippen LogP contribution is 2.26. The first-order chi connectivity index (χ1) is 13.0. The van der Waals surface area contributed by atoms with Gasteiger partial charge in [0.05, 0.1) is 11.7 Å². The van der Waals surface area contributed by atoms with Crippen molar-refractivity contribution in [2.24, 2.45) is 10.9 Å². The van der Waals surface area contributed by atoms with E-state index in [1.807, 2.05) is 19.2 Å². The predicted octanol–water partition coefficient (Wildman–Crippen LogP) is 2.53. The molecule has 0 unspecified atom stereocenters. The molecule has 0 saturated heterocycles. The summed E-state index contributed by atoms with van der Waals surface area (Å²) < 4.78 is 0. The fraction of sp³-hybridized carbons (Fsp3) is 0.250. The average molecular weight is 361 g/mol.